The van der Waals surface area contributed by atoms with Crippen LogP contribution < -0.4 is 5.56 Å². The molecule has 1 aromatic heterocycles. The zero-order valence-electron chi connectivity index (χ0n) is 11.1. The molecular formula is C15H17BrN2O. The zero-order valence-corrected chi connectivity index (χ0v) is 12.7. The first-order chi connectivity index (χ1) is 9.02. The fourth-order valence-corrected chi connectivity index (χ4v) is 2.23. The predicted octanol–water partition coefficient (Wildman–Crippen LogP) is 3.32. The van der Waals surface area contributed by atoms with Gasteiger partial charge in [-0.3, -0.25) is 4.79 Å². The normalized spacial score (nSPS) is 10.9. The van der Waals surface area contributed by atoms with E-state index in [0.717, 1.165) is 28.0 Å². The van der Waals surface area contributed by atoms with E-state index in [9.17, 15) is 4.79 Å². The Morgan fingerprint density at radius 2 is 1.95 bits per heavy atom. The molecule has 0 unspecified atom stereocenters. The smallest absolute Gasteiger partial charge is 0.251 e. The highest BCUT2D eigenvalue weighted by atomic mass is 79.9. The number of hydrogen-bond acceptors (Lipinski definition) is 2. The van der Waals surface area contributed by atoms with Gasteiger partial charge in [0.1, 0.15) is 5.82 Å². The quantitative estimate of drug-likeness (QED) is 0.939. The van der Waals surface area contributed by atoms with E-state index >= 15 is 0 Å². The van der Waals surface area contributed by atoms with E-state index in [1.54, 1.807) is 6.07 Å². The van der Waals surface area contributed by atoms with Gasteiger partial charge in [0.25, 0.3) is 5.56 Å². The number of aromatic nitrogens is 2. The van der Waals surface area contributed by atoms with Crippen molar-refractivity contribution in [3.8, 4) is 0 Å². The Kier molecular flexibility index (Phi) is 4.53. The van der Waals surface area contributed by atoms with Crippen molar-refractivity contribution in [1.82, 2.24) is 9.97 Å². The van der Waals surface area contributed by atoms with Crippen LogP contribution in [0.15, 0.2) is 39.6 Å². The maximum atomic E-state index is 11.6. The van der Waals surface area contributed by atoms with Crippen molar-refractivity contribution in [1.29, 1.82) is 0 Å². The van der Waals surface area contributed by atoms with Crippen molar-refractivity contribution in [3.63, 3.8) is 0 Å². The predicted molar refractivity (Wildman–Crippen MR) is 80.3 cm³/mol. The molecule has 3 nitrogen and oxygen atoms in total. The molecule has 0 spiro atoms. The van der Waals surface area contributed by atoms with Crippen molar-refractivity contribution in [2.45, 2.75) is 26.7 Å². The van der Waals surface area contributed by atoms with Gasteiger partial charge in [-0.25, -0.2) is 4.98 Å². The molecule has 0 bridgehead atoms. The maximum Gasteiger partial charge on any atom is 0.251 e. The van der Waals surface area contributed by atoms with E-state index < -0.39 is 0 Å². The lowest BCUT2D eigenvalue weighted by molar-refractivity contribution is 0.630. The SMILES string of the molecule is CC(C)Cc1cc(=O)[nH]c(Cc2ccc(Br)cc2)n1. The van der Waals surface area contributed by atoms with E-state index in [4.69, 9.17) is 0 Å². The van der Waals surface area contributed by atoms with Crippen LogP contribution in [0.25, 0.3) is 0 Å². The lowest BCUT2D eigenvalue weighted by Crippen LogP contribution is -2.14. The Morgan fingerprint density at radius 1 is 1.26 bits per heavy atom. The van der Waals surface area contributed by atoms with Gasteiger partial charge in [-0.15, -0.1) is 0 Å². The molecule has 0 amide bonds. The number of hydrogen-bond donors (Lipinski definition) is 1. The molecular weight excluding hydrogens is 304 g/mol. The van der Waals surface area contributed by atoms with Gasteiger partial charge in [-0.2, -0.15) is 0 Å². The van der Waals surface area contributed by atoms with Gasteiger partial charge in [0.2, 0.25) is 0 Å². The number of nitrogens with one attached hydrogen (secondary N) is 1. The average Bonchev–Trinajstić information content (AvgIpc) is 2.30. The average molecular weight is 321 g/mol. The van der Waals surface area contributed by atoms with Crippen LogP contribution in [0.1, 0.15) is 30.9 Å². The minimum atomic E-state index is -0.0715. The summed E-state index contributed by atoms with van der Waals surface area (Å²) in [5, 5.41) is 0. The Hall–Kier alpha value is -1.42. The third-order valence-corrected chi connectivity index (χ3v) is 3.27. The lowest BCUT2D eigenvalue weighted by Gasteiger charge is -2.06. The van der Waals surface area contributed by atoms with Crippen molar-refractivity contribution in [3.05, 3.63) is 62.2 Å². The number of nitrogens with zero attached hydrogens (tertiary/aromatic N) is 1. The van der Waals surface area contributed by atoms with Gasteiger partial charge < -0.3 is 4.98 Å². The highest BCUT2D eigenvalue weighted by Crippen LogP contribution is 2.12. The van der Waals surface area contributed by atoms with E-state index in [-0.39, 0.29) is 5.56 Å². The lowest BCUT2D eigenvalue weighted by atomic mass is 10.1. The standard InChI is InChI=1S/C15H17BrN2O/c1-10(2)7-13-9-15(19)18-14(17-13)8-11-3-5-12(16)6-4-11/h3-6,9-10H,7-8H2,1-2H3,(H,17,18,19). The van der Waals surface area contributed by atoms with Crippen LogP contribution in [0.2, 0.25) is 0 Å². The largest absolute Gasteiger partial charge is 0.310 e. The van der Waals surface area contributed by atoms with Crippen LogP contribution >= 0.6 is 15.9 Å². The number of rotatable bonds is 4. The molecule has 19 heavy (non-hydrogen) atoms. The number of halogens is 1. The second-order valence-electron chi connectivity index (χ2n) is 5.08. The molecule has 0 aliphatic carbocycles. The van der Waals surface area contributed by atoms with E-state index in [1.165, 1.54) is 0 Å². The third kappa shape index (κ3) is 4.31. The first-order valence-corrected chi connectivity index (χ1v) is 7.16. The summed E-state index contributed by atoms with van der Waals surface area (Å²) in [4.78, 5) is 19.0. The Balaban J connectivity index is 2.22. The van der Waals surface area contributed by atoms with Gasteiger partial charge in [0.15, 0.2) is 0 Å². The Morgan fingerprint density at radius 3 is 2.58 bits per heavy atom. The zero-order chi connectivity index (χ0) is 13.8. The van der Waals surface area contributed by atoms with Crippen molar-refractivity contribution in [2.75, 3.05) is 0 Å². The van der Waals surface area contributed by atoms with E-state index in [0.29, 0.717) is 12.3 Å². The van der Waals surface area contributed by atoms with Gasteiger partial charge in [0.05, 0.1) is 0 Å². The third-order valence-electron chi connectivity index (χ3n) is 2.75. The van der Waals surface area contributed by atoms with Gasteiger partial charge in [0, 0.05) is 22.7 Å². The second kappa shape index (κ2) is 6.15. The van der Waals surface area contributed by atoms with Gasteiger partial charge in [-0.05, 0) is 30.0 Å². The van der Waals surface area contributed by atoms with Gasteiger partial charge in [-0.1, -0.05) is 41.9 Å². The summed E-state index contributed by atoms with van der Waals surface area (Å²) >= 11 is 3.41. The van der Waals surface area contributed by atoms with Crippen molar-refractivity contribution >= 4 is 15.9 Å². The Bertz CT molecular complexity index is 602. The first kappa shape index (κ1) is 14.0. The molecule has 0 aliphatic heterocycles. The van der Waals surface area contributed by atoms with Crippen LogP contribution in [0.3, 0.4) is 0 Å². The summed E-state index contributed by atoms with van der Waals surface area (Å²) < 4.78 is 1.05. The molecule has 100 valence electrons. The number of aromatic amines is 1. The van der Waals surface area contributed by atoms with Crippen LogP contribution in [0.5, 0.6) is 0 Å². The molecule has 1 N–H and O–H groups in total. The number of H-pyrrole nitrogens is 1. The first-order valence-electron chi connectivity index (χ1n) is 6.36. The molecule has 0 saturated heterocycles. The van der Waals surface area contributed by atoms with Gasteiger partial charge >= 0.3 is 0 Å². The molecule has 2 rings (SSSR count). The highest BCUT2D eigenvalue weighted by molar-refractivity contribution is 9.10. The summed E-state index contributed by atoms with van der Waals surface area (Å²) in [6, 6.07) is 9.63. The molecule has 4 heteroatoms. The molecule has 0 atom stereocenters. The summed E-state index contributed by atoms with van der Waals surface area (Å²) in [6.45, 7) is 4.24. The fourth-order valence-electron chi connectivity index (χ4n) is 1.97. The summed E-state index contributed by atoms with van der Waals surface area (Å²) in [5.41, 5.74) is 1.93. The molecule has 0 saturated carbocycles. The summed E-state index contributed by atoms with van der Waals surface area (Å²) in [5.74, 6) is 1.22. The van der Waals surface area contributed by atoms with Crippen LogP contribution in [-0.2, 0) is 12.8 Å². The molecule has 2 aromatic rings. The molecule has 0 aliphatic rings. The van der Waals surface area contributed by atoms with Crippen molar-refractivity contribution in [2.24, 2.45) is 5.92 Å². The number of benzene rings is 1. The maximum absolute atomic E-state index is 11.6. The molecule has 0 radical (unpaired) electrons. The highest BCUT2D eigenvalue weighted by Gasteiger charge is 2.05. The van der Waals surface area contributed by atoms with E-state index in [2.05, 4.69) is 39.7 Å². The van der Waals surface area contributed by atoms with Crippen molar-refractivity contribution < 1.29 is 0 Å². The monoisotopic (exact) mass is 320 g/mol. The fraction of sp³-hybridized carbons (Fsp3) is 0.333. The molecule has 1 aromatic carbocycles. The summed E-state index contributed by atoms with van der Waals surface area (Å²) in [7, 11) is 0. The van der Waals surface area contributed by atoms with Crippen LogP contribution in [0.4, 0.5) is 0 Å². The molecule has 1 heterocycles. The van der Waals surface area contributed by atoms with Crippen LogP contribution in [0, 0.1) is 5.92 Å². The second-order valence-corrected chi connectivity index (χ2v) is 6.00. The summed E-state index contributed by atoms with van der Waals surface area (Å²) in [6.07, 6.45) is 1.48. The topological polar surface area (TPSA) is 45.8 Å². The minimum Gasteiger partial charge on any atom is -0.310 e. The molecule has 0 fully saturated rings. The van der Waals surface area contributed by atoms with Crippen LogP contribution in [-0.4, -0.2) is 9.97 Å². The Labute approximate surface area is 121 Å². The van der Waals surface area contributed by atoms with E-state index in [1.807, 2.05) is 24.3 Å². The minimum absolute atomic E-state index is 0.0715.